The predicted molar refractivity (Wildman–Crippen MR) is 68.7 cm³/mol. The lowest BCUT2D eigenvalue weighted by molar-refractivity contribution is -0.135. The molecule has 2 unspecified atom stereocenters. The molecule has 0 radical (unpaired) electrons. The van der Waals surface area contributed by atoms with Gasteiger partial charge in [0.1, 0.15) is 5.82 Å². The average Bonchev–Trinajstić information content (AvgIpc) is 2.28. The highest BCUT2D eigenvalue weighted by molar-refractivity contribution is 5.79. The normalized spacial score (nSPS) is 24.1. The van der Waals surface area contributed by atoms with Gasteiger partial charge < -0.3 is 10.2 Å². The van der Waals surface area contributed by atoms with Crippen molar-refractivity contribution in [2.45, 2.75) is 32.4 Å². The van der Waals surface area contributed by atoms with Crippen molar-refractivity contribution in [1.82, 2.24) is 10.2 Å². The van der Waals surface area contributed by atoms with Crippen molar-refractivity contribution in [2.75, 3.05) is 13.1 Å². The van der Waals surface area contributed by atoms with Crippen molar-refractivity contribution in [1.29, 1.82) is 0 Å². The number of rotatable bonds is 2. The van der Waals surface area contributed by atoms with E-state index in [2.05, 4.69) is 5.32 Å². The van der Waals surface area contributed by atoms with Crippen LogP contribution in [0.1, 0.15) is 19.4 Å². The minimum atomic E-state index is -0.290. The van der Waals surface area contributed by atoms with Gasteiger partial charge in [0.2, 0.25) is 5.91 Å². The Hall–Kier alpha value is -1.42. The van der Waals surface area contributed by atoms with E-state index in [0.717, 1.165) is 18.7 Å². The number of halogens is 1. The molecule has 1 heterocycles. The van der Waals surface area contributed by atoms with Crippen molar-refractivity contribution < 1.29 is 9.18 Å². The molecule has 1 amide bonds. The lowest BCUT2D eigenvalue weighted by Crippen LogP contribution is -2.57. The number of carbonyl (C=O) groups is 1. The van der Waals surface area contributed by atoms with E-state index in [1.807, 2.05) is 18.7 Å². The molecule has 1 aliphatic rings. The maximum Gasteiger partial charge on any atom is 0.227 e. The zero-order chi connectivity index (χ0) is 13.1. The molecule has 4 heteroatoms. The Morgan fingerprint density at radius 1 is 1.39 bits per heavy atom. The smallest absolute Gasteiger partial charge is 0.227 e. The van der Waals surface area contributed by atoms with Crippen LogP contribution >= 0.6 is 0 Å². The van der Waals surface area contributed by atoms with E-state index in [0.29, 0.717) is 0 Å². The molecule has 0 saturated carbocycles. The molecule has 1 aliphatic heterocycles. The molecular weight excluding hydrogens is 231 g/mol. The summed E-state index contributed by atoms with van der Waals surface area (Å²) >= 11 is 0. The Morgan fingerprint density at radius 2 is 2.06 bits per heavy atom. The summed E-state index contributed by atoms with van der Waals surface area (Å²) in [6.07, 6.45) is 0.270. The number of nitrogens with one attached hydrogen (secondary N) is 1. The molecule has 1 N–H and O–H groups in total. The molecular formula is C14H19FN2O. The van der Waals surface area contributed by atoms with Crippen molar-refractivity contribution in [3.63, 3.8) is 0 Å². The third-order valence-electron chi connectivity index (χ3n) is 3.36. The fourth-order valence-electron chi connectivity index (χ4n) is 2.54. The molecule has 1 aromatic carbocycles. The summed E-state index contributed by atoms with van der Waals surface area (Å²) in [6.45, 7) is 5.71. The molecule has 1 saturated heterocycles. The van der Waals surface area contributed by atoms with Gasteiger partial charge in [-0.1, -0.05) is 12.1 Å². The molecule has 0 aromatic heterocycles. The first kappa shape index (κ1) is 13.0. The molecule has 98 valence electrons. The highest BCUT2D eigenvalue weighted by atomic mass is 19.1. The van der Waals surface area contributed by atoms with E-state index in [9.17, 15) is 9.18 Å². The van der Waals surface area contributed by atoms with Crippen molar-refractivity contribution >= 4 is 5.91 Å². The van der Waals surface area contributed by atoms with Crippen molar-refractivity contribution in [2.24, 2.45) is 0 Å². The first-order valence-electron chi connectivity index (χ1n) is 6.34. The number of hydrogen-bond donors (Lipinski definition) is 1. The minimum Gasteiger partial charge on any atom is -0.334 e. The Kier molecular flexibility index (Phi) is 3.97. The van der Waals surface area contributed by atoms with Gasteiger partial charge in [-0.05, 0) is 31.5 Å². The average molecular weight is 250 g/mol. The molecule has 0 bridgehead atoms. The summed E-state index contributed by atoms with van der Waals surface area (Å²) in [5.74, 6) is -0.219. The maximum absolute atomic E-state index is 13.1. The van der Waals surface area contributed by atoms with Gasteiger partial charge >= 0.3 is 0 Å². The highest BCUT2D eigenvalue weighted by Gasteiger charge is 2.28. The van der Waals surface area contributed by atoms with E-state index < -0.39 is 0 Å². The highest BCUT2D eigenvalue weighted by Crippen LogP contribution is 2.13. The summed E-state index contributed by atoms with van der Waals surface area (Å²) in [6, 6.07) is 6.63. The molecule has 1 fully saturated rings. The molecule has 18 heavy (non-hydrogen) atoms. The maximum atomic E-state index is 13.1. The Morgan fingerprint density at radius 3 is 2.67 bits per heavy atom. The standard InChI is InChI=1S/C14H19FN2O/c1-10-8-16-9-11(2)17(10)14(18)7-12-4-3-5-13(15)6-12/h3-6,10-11,16H,7-9H2,1-2H3. The van der Waals surface area contributed by atoms with Crippen LogP contribution in [0.4, 0.5) is 4.39 Å². The number of hydrogen-bond acceptors (Lipinski definition) is 2. The summed E-state index contributed by atoms with van der Waals surface area (Å²) in [5, 5.41) is 3.29. The van der Waals surface area contributed by atoms with Crippen LogP contribution in [0.15, 0.2) is 24.3 Å². The van der Waals surface area contributed by atoms with Gasteiger partial charge in [-0.25, -0.2) is 4.39 Å². The van der Waals surface area contributed by atoms with Gasteiger partial charge in [0.05, 0.1) is 6.42 Å². The third-order valence-corrected chi connectivity index (χ3v) is 3.36. The van der Waals surface area contributed by atoms with Crippen LogP contribution in [0, 0.1) is 5.82 Å². The fourth-order valence-corrected chi connectivity index (χ4v) is 2.54. The van der Waals surface area contributed by atoms with Gasteiger partial charge in [0.15, 0.2) is 0 Å². The number of amides is 1. The topological polar surface area (TPSA) is 32.3 Å². The molecule has 2 rings (SSSR count). The lowest BCUT2D eigenvalue weighted by atomic mass is 10.1. The van der Waals surface area contributed by atoms with Gasteiger partial charge in [0, 0.05) is 25.2 Å². The molecule has 0 aliphatic carbocycles. The van der Waals surface area contributed by atoms with Crippen LogP contribution < -0.4 is 5.32 Å². The zero-order valence-corrected chi connectivity index (χ0v) is 10.8. The van der Waals surface area contributed by atoms with Crippen LogP contribution in [-0.4, -0.2) is 36.0 Å². The van der Waals surface area contributed by atoms with Crippen LogP contribution in [-0.2, 0) is 11.2 Å². The Balaban J connectivity index is 2.07. The van der Waals surface area contributed by atoms with Crippen LogP contribution in [0.25, 0.3) is 0 Å². The SMILES string of the molecule is CC1CNCC(C)N1C(=O)Cc1cccc(F)c1. The first-order chi connectivity index (χ1) is 8.58. The Bertz CT molecular complexity index is 426. The number of piperazine rings is 1. The first-order valence-corrected chi connectivity index (χ1v) is 6.34. The number of carbonyl (C=O) groups excluding carboxylic acids is 1. The molecule has 3 nitrogen and oxygen atoms in total. The monoisotopic (exact) mass is 250 g/mol. The van der Waals surface area contributed by atoms with Crippen molar-refractivity contribution in [3.8, 4) is 0 Å². The summed E-state index contributed by atoms with van der Waals surface area (Å²) in [7, 11) is 0. The second-order valence-corrected chi connectivity index (χ2v) is 4.96. The van der Waals surface area contributed by atoms with E-state index in [1.165, 1.54) is 12.1 Å². The van der Waals surface area contributed by atoms with Gasteiger partial charge in [-0.15, -0.1) is 0 Å². The van der Waals surface area contributed by atoms with Crippen LogP contribution in [0.3, 0.4) is 0 Å². The van der Waals surface area contributed by atoms with Crippen LogP contribution in [0.2, 0.25) is 0 Å². The van der Waals surface area contributed by atoms with Crippen LogP contribution in [0.5, 0.6) is 0 Å². The number of benzene rings is 1. The molecule has 1 aromatic rings. The van der Waals surface area contributed by atoms with E-state index in [4.69, 9.17) is 0 Å². The second kappa shape index (κ2) is 5.48. The van der Waals surface area contributed by atoms with Gasteiger partial charge in [-0.2, -0.15) is 0 Å². The summed E-state index contributed by atoms with van der Waals surface area (Å²) in [4.78, 5) is 14.2. The summed E-state index contributed by atoms with van der Waals surface area (Å²) < 4.78 is 13.1. The predicted octanol–water partition coefficient (Wildman–Crippen LogP) is 1.58. The second-order valence-electron chi connectivity index (χ2n) is 4.96. The van der Waals surface area contributed by atoms with E-state index in [1.54, 1.807) is 12.1 Å². The fraction of sp³-hybridized carbons (Fsp3) is 0.500. The summed E-state index contributed by atoms with van der Waals surface area (Å²) in [5.41, 5.74) is 0.734. The van der Waals surface area contributed by atoms with Gasteiger partial charge in [0.25, 0.3) is 0 Å². The third kappa shape index (κ3) is 2.88. The Labute approximate surface area is 107 Å². The van der Waals surface area contributed by atoms with E-state index in [-0.39, 0.29) is 30.2 Å². The zero-order valence-electron chi connectivity index (χ0n) is 10.8. The van der Waals surface area contributed by atoms with Crippen molar-refractivity contribution in [3.05, 3.63) is 35.6 Å². The lowest BCUT2D eigenvalue weighted by Gasteiger charge is -2.39. The number of nitrogens with zero attached hydrogens (tertiary/aromatic N) is 1. The molecule has 2 atom stereocenters. The van der Waals surface area contributed by atoms with Gasteiger partial charge in [-0.3, -0.25) is 4.79 Å². The quantitative estimate of drug-likeness (QED) is 0.864. The largest absolute Gasteiger partial charge is 0.334 e. The molecule has 0 spiro atoms. The van der Waals surface area contributed by atoms with E-state index >= 15 is 0 Å². The minimum absolute atomic E-state index is 0.0714.